The molecule has 1 fully saturated rings. The molecule has 6 heteroatoms. The fourth-order valence-electron chi connectivity index (χ4n) is 4.11. The number of para-hydroxylation sites is 1. The molecule has 4 heterocycles. The van der Waals surface area contributed by atoms with Crippen LogP contribution in [0.25, 0.3) is 16.6 Å². The largest absolute Gasteiger partial charge is 0.361 e. The summed E-state index contributed by atoms with van der Waals surface area (Å²) in [6.45, 7) is 1.52. The van der Waals surface area contributed by atoms with Crippen LogP contribution in [0.4, 0.5) is 0 Å². The van der Waals surface area contributed by atoms with E-state index in [9.17, 15) is 4.79 Å². The highest BCUT2D eigenvalue weighted by atomic mass is 16.2. The van der Waals surface area contributed by atoms with Crippen molar-refractivity contribution in [2.75, 3.05) is 13.1 Å². The third-order valence-electron chi connectivity index (χ3n) is 5.50. The molecule has 0 aliphatic carbocycles. The van der Waals surface area contributed by atoms with Gasteiger partial charge in [0.25, 0.3) is 0 Å². The zero-order chi connectivity index (χ0) is 18.2. The lowest BCUT2D eigenvalue weighted by Crippen LogP contribution is -2.40. The lowest BCUT2D eigenvalue weighted by molar-refractivity contribution is -0.131. The average molecular weight is 359 g/mol. The molecule has 6 nitrogen and oxygen atoms in total. The van der Waals surface area contributed by atoms with Crippen molar-refractivity contribution < 1.29 is 4.79 Å². The second-order valence-corrected chi connectivity index (χ2v) is 7.20. The number of nitrogens with one attached hydrogen (secondary N) is 1. The Kier molecular flexibility index (Phi) is 3.89. The van der Waals surface area contributed by atoms with Crippen LogP contribution in [0.2, 0.25) is 0 Å². The van der Waals surface area contributed by atoms with E-state index in [0.717, 1.165) is 47.3 Å². The molecule has 136 valence electrons. The number of benzene rings is 1. The first-order valence-electron chi connectivity index (χ1n) is 9.42. The van der Waals surface area contributed by atoms with Crippen molar-refractivity contribution in [2.45, 2.75) is 25.2 Å². The summed E-state index contributed by atoms with van der Waals surface area (Å²) in [4.78, 5) is 18.2. The number of H-pyrrole nitrogens is 1. The van der Waals surface area contributed by atoms with Crippen molar-refractivity contribution >= 4 is 22.5 Å². The van der Waals surface area contributed by atoms with Gasteiger partial charge in [0.05, 0.1) is 6.42 Å². The van der Waals surface area contributed by atoms with Crippen LogP contribution in [0.1, 0.15) is 30.1 Å². The molecule has 4 aromatic rings. The maximum absolute atomic E-state index is 13.0. The summed E-state index contributed by atoms with van der Waals surface area (Å²) in [5.41, 5.74) is 2.99. The molecule has 0 spiro atoms. The molecule has 1 aromatic carbocycles. The fraction of sp³-hybridized carbons (Fsp3) is 0.286. The second kappa shape index (κ2) is 6.54. The predicted octanol–water partition coefficient (Wildman–Crippen LogP) is 3.16. The molecule has 1 N–H and O–H groups in total. The number of rotatable bonds is 3. The number of likely N-dealkylation sites (tertiary alicyclic amines) is 1. The zero-order valence-corrected chi connectivity index (χ0v) is 15.0. The Morgan fingerprint density at radius 1 is 1.15 bits per heavy atom. The Morgan fingerprint density at radius 3 is 3.00 bits per heavy atom. The Morgan fingerprint density at radius 2 is 2.04 bits per heavy atom. The summed E-state index contributed by atoms with van der Waals surface area (Å²) >= 11 is 0. The Labute approximate surface area is 156 Å². The van der Waals surface area contributed by atoms with Gasteiger partial charge in [-0.15, -0.1) is 10.2 Å². The van der Waals surface area contributed by atoms with Gasteiger partial charge in [0.15, 0.2) is 5.65 Å². The molecule has 1 saturated heterocycles. The molecule has 5 rings (SSSR count). The molecule has 0 radical (unpaired) electrons. The lowest BCUT2D eigenvalue weighted by atomic mass is 9.96. The van der Waals surface area contributed by atoms with Crippen molar-refractivity contribution in [3.8, 4) is 0 Å². The fourth-order valence-corrected chi connectivity index (χ4v) is 4.11. The van der Waals surface area contributed by atoms with E-state index in [4.69, 9.17) is 0 Å². The Bertz CT molecular complexity index is 1110. The number of aromatic amines is 1. The number of pyridine rings is 1. The minimum absolute atomic E-state index is 0.179. The number of aromatic nitrogens is 4. The number of carbonyl (C=O) groups is 1. The number of fused-ring (bicyclic) bond motifs is 2. The van der Waals surface area contributed by atoms with Gasteiger partial charge in [-0.2, -0.15) is 0 Å². The first kappa shape index (κ1) is 16.1. The zero-order valence-electron chi connectivity index (χ0n) is 15.0. The molecule has 1 amide bonds. The lowest BCUT2D eigenvalue weighted by Gasteiger charge is -2.32. The van der Waals surface area contributed by atoms with Gasteiger partial charge >= 0.3 is 0 Å². The molecule has 0 bridgehead atoms. The van der Waals surface area contributed by atoms with Gasteiger partial charge in [0.1, 0.15) is 5.82 Å². The second-order valence-electron chi connectivity index (χ2n) is 7.20. The van der Waals surface area contributed by atoms with Crippen LogP contribution < -0.4 is 0 Å². The van der Waals surface area contributed by atoms with Gasteiger partial charge in [-0.05, 0) is 36.6 Å². The van der Waals surface area contributed by atoms with Gasteiger partial charge in [0, 0.05) is 42.3 Å². The van der Waals surface area contributed by atoms with E-state index in [0.29, 0.717) is 13.0 Å². The van der Waals surface area contributed by atoms with Crippen LogP contribution in [0.3, 0.4) is 0 Å². The summed E-state index contributed by atoms with van der Waals surface area (Å²) in [6, 6.07) is 14.0. The SMILES string of the molecule is O=C(Cc1c[nH]c2ccccc12)N1CCC[C@@H](c2nnc3ccccn23)C1. The van der Waals surface area contributed by atoms with Gasteiger partial charge in [-0.1, -0.05) is 24.3 Å². The van der Waals surface area contributed by atoms with Crippen molar-refractivity contribution in [3.05, 3.63) is 66.2 Å². The number of hydrogen-bond donors (Lipinski definition) is 1. The number of hydrogen-bond acceptors (Lipinski definition) is 3. The van der Waals surface area contributed by atoms with Crippen molar-refractivity contribution in [3.63, 3.8) is 0 Å². The first-order valence-corrected chi connectivity index (χ1v) is 9.42. The minimum atomic E-state index is 0.179. The van der Waals surface area contributed by atoms with E-state index in [-0.39, 0.29) is 11.8 Å². The van der Waals surface area contributed by atoms with Crippen molar-refractivity contribution in [1.82, 2.24) is 24.5 Å². The van der Waals surface area contributed by atoms with Crippen LogP contribution in [0.5, 0.6) is 0 Å². The van der Waals surface area contributed by atoms with E-state index < -0.39 is 0 Å². The third-order valence-corrected chi connectivity index (χ3v) is 5.50. The molecule has 0 saturated carbocycles. The van der Waals surface area contributed by atoms with Crippen LogP contribution in [-0.4, -0.2) is 43.5 Å². The van der Waals surface area contributed by atoms with Gasteiger partial charge < -0.3 is 9.88 Å². The topological polar surface area (TPSA) is 66.3 Å². The predicted molar refractivity (Wildman–Crippen MR) is 104 cm³/mol. The Hall–Kier alpha value is -3.15. The van der Waals surface area contributed by atoms with E-state index in [2.05, 4.69) is 21.2 Å². The number of nitrogens with zero attached hydrogens (tertiary/aromatic N) is 4. The molecule has 27 heavy (non-hydrogen) atoms. The highest BCUT2D eigenvalue weighted by molar-refractivity contribution is 5.88. The molecular weight excluding hydrogens is 338 g/mol. The maximum Gasteiger partial charge on any atom is 0.227 e. The standard InChI is InChI=1S/C21H21N5O/c27-20(12-16-13-22-18-8-2-1-7-17(16)18)25-10-5-6-15(14-25)21-24-23-19-9-3-4-11-26(19)21/h1-4,7-9,11,13,15,22H,5-6,10,12,14H2/t15-/m1/s1. The summed E-state index contributed by atoms with van der Waals surface area (Å²) in [6.07, 6.45) is 6.41. The van der Waals surface area contributed by atoms with Crippen LogP contribution in [-0.2, 0) is 11.2 Å². The maximum atomic E-state index is 13.0. The monoisotopic (exact) mass is 359 g/mol. The summed E-state index contributed by atoms with van der Waals surface area (Å²) in [5, 5.41) is 9.79. The van der Waals surface area contributed by atoms with Gasteiger partial charge in [-0.25, -0.2) is 0 Å². The smallest absolute Gasteiger partial charge is 0.227 e. The third kappa shape index (κ3) is 2.87. The Balaban J connectivity index is 1.35. The summed E-state index contributed by atoms with van der Waals surface area (Å²) in [5.74, 6) is 1.36. The number of piperidine rings is 1. The van der Waals surface area contributed by atoms with E-state index in [1.165, 1.54) is 0 Å². The van der Waals surface area contributed by atoms with Gasteiger partial charge in [0.2, 0.25) is 5.91 Å². The molecule has 1 aliphatic rings. The molecular formula is C21H21N5O. The number of amides is 1. The van der Waals surface area contributed by atoms with Crippen molar-refractivity contribution in [1.29, 1.82) is 0 Å². The highest BCUT2D eigenvalue weighted by Gasteiger charge is 2.28. The molecule has 3 aromatic heterocycles. The molecule has 1 atom stereocenters. The van der Waals surface area contributed by atoms with Crippen LogP contribution >= 0.6 is 0 Å². The highest BCUT2D eigenvalue weighted by Crippen LogP contribution is 2.27. The normalized spacial score (nSPS) is 17.6. The quantitative estimate of drug-likeness (QED) is 0.611. The average Bonchev–Trinajstić information content (AvgIpc) is 3.33. The number of carbonyl (C=O) groups excluding carboxylic acids is 1. The first-order chi connectivity index (χ1) is 13.3. The van der Waals surface area contributed by atoms with E-state index in [1.807, 2.05) is 58.1 Å². The van der Waals surface area contributed by atoms with Crippen LogP contribution in [0, 0.1) is 0 Å². The minimum Gasteiger partial charge on any atom is -0.361 e. The summed E-state index contributed by atoms with van der Waals surface area (Å²) < 4.78 is 2.04. The summed E-state index contributed by atoms with van der Waals surface area (Å²) in [7, 11) is 0. The van der Waals surface area contributed by atoms with E-state index >= 15 is 0 Å². The van der Waals surface area contributed by atoms with Gasteiger partial charge in [-0.3, -0.25) is 9.20 Å². The molecule has 1 aliphatic heterocycles. The van der Waals surface area contributed by atoms with E-state index in [1.54, 1.807) is 0 Å². The molecule has 0 unspecified atom stereocenters. The van der Waals surface area contributed by atoms with Crippen LogP contribution in [0.15, 0.2) is 54.9 Å². The van der Waals surface area contributed by atoms with Crippen molar-refractivity contribution in [2.24, 2.45) is 0 Å².